The second kappa shape index (κ2) is 4.63. The summed E-state index contributed by atoms with van der Waals surface area (Å²) in [6.45, 7) is 2.06. The summed E-state index contributed by atoms with van der Waals surface area (Å²) in [6, 6.07) is 0.799. The van der Waals surface area contributed by atoms with Crippen LogP contribution in [0.25, 0.3) is 0 Å². The summed E-state index contributed by atoms with van der Waals surface area (Å²) in [6.07, 6.45) is 11.2. The number of nitrogens with two attached hydrogens (primary N) is 1. The molecule has 0 aromatic heterocycles. The fourth-order valence-electron chi connectivity index (χ4n) is 2.80. The average molecular weight is 196 g/mol. The monoisotopic (exact) mass is 196 g/mol. The minimum Gasteiger partial charge on any atom is -0.330 e. The molecule has 0 atom stereocenters. The molecule has 2 nitrogen and oxygen atoms in total. The minimum absolute atomic E-state index is 0.484. The second-order valence-electron chi connectivity index (χ2n) is 5.27. The molecule has 3 N–H and O–H groups in total. The molecule has 0 bridgehead atoms. The van der Waals surface area contributed by atoms with E-state index in [1.165, 1.54) is 57.9 Å². The van der Waals surface area contributed by atoms with E-state index in [1.54, 1.807) is 0 Å². The molecule has 0 radical (unpaired) electrons. The van der Waals surface area contributed by atoms with Crippen molar-refractivity contribution in [1.29, 1.82) is 0 Å². The van der Waals surface area contributed by atoms with E-state index < -0.39 is 0 Å². The summed E-state index contributed by atoms with van der Waals surface area (Å²) in [5.74, 6) is 0. The van der Waals surface area contributed by atoms with Gasteiger partial charge in [0.15, 0.2) is 0 Å². The van der Waals surface area contributed by atoms with Crippen molar-refractivity contribution in [2.45, 2.75) is 57.4 Å². The van der Waals surface area contributed by atoms with Crippen molar-refractivity contribution < 1.29 is 0 Å². The van der Waals surface area contributed by atoms with Crippen molar-refractivity contribution in [3.63, 3.8) is 0 Å². The van der Waals surface area contributed by atoms with E-state index in [2.05, 4.69) is 5.32 Å². The van der Waals surface area contributed by atoms with Gasteiger partial charge in [-0.1, -0.05) is 25.7 Å². The largest absolute Gasteiger partial charge is 0.330 e. The first-order valence-corrected chi connectivity index (χ1v) is 6.28. The Morgan fingerprint density at radius 1 is 1.07 bits per heavy atom. The van der Waals surface area contributed by atoms with Crippen LogP contribution in [0.1, 0.15) is 51.4 Å². The third kappa shape index (κ3) is 2.29. The van der Waals surface area contributed by atoms with E-state index >= 15 is 0 Å². The molecule has 0 unspecified atom stereocenters. The molecule has 0 amide bonds. The molecule has 0 aromatic rings. The van der Waals surface area contributed by atoms with Gasteiger partial charge < -0.3 is 11.1 Å². The molecule has 82 valence electrons. The van der Waals surface area contributed by atoms with Crippen LogP contribution in [0.5, 0.6) is 0 Å². The van der Waals surface area contributed by atoms with E-state index in [4.69, 9.17) is 5.73 Å². The highest BCUT2D eigenvalue weighted by Gasteiger charge is 2.35. The van der Waals surface area contributed by atoms with Gasteiger partial charge >= 0.3 is 0 Å². The van der Waals surface area contributed by atoms with Gasteiger partial charge in [-0.25, -0.2) is 0 Å². The number of nitrogens with one attached hydrogen (secondary N) is 1. The predicted molar refractivity (Wildman–Crippen MR) is 60.2 cm³/mol. The van der Waals surface area contributed by atoms with Gasteiger partial charge in [-0.15, -0.1) is 0 Å². The quantitative estimate of drug-likeness (QED) is 0.722. The van der Waals surface area contributed by atoms with Gasteiger partial charge in [-0.05, 0) is 37.6 Å². The lowest BCUT2D eigenvalue weighted by Gasteiger charge is -2.42. The Balaban J connectivity index is 1.69. The Labute approximate surface area is 87.6 Å². The highest BCUT2D eigenvalue weighted by atomic mass is 14.9. The number of hydrogen-bond donors (Lipinski definition) is 2. The Morgan fingerprint density at radius 2 is 1.79 bits per heavy atom. The molecule has 0 saturated heterocycles. The summed E-state index contributed by atoms with van der Waals surface area (Å²) >= 11 is 0. The second-order valence-corrected chi connectivity index (χ2v) is 5.27. The molecule has 0 aromatic carbocycles. The topological polar surface area (TPSA) is 38.0 Å². The molecule has 2 fully saturated rings. The average Bonchev–Trinajstić information content (AvgIpc) is 2.19. The normalized spacial score (nSPS) is 27.2. The summed E-state index contributed by atoms with van der Waals surface area (Å²) in [7, 11) is 0. The van der Waals surface area contributed by atoms with E-state index in [0.717, 1.165) is 12.6 Å². The van der Waals surface area contributed by atoms with Crippen molar-refractivity contribution in [2.24, 2.45) is 11.1 Å². The summed E-state index contributed by atoms with van der Waals surface area (Å²) in [5, 5.41) is 3.74. The van der Waals surface area contributed by atoms with Crippen LogP contribution in [0, 0.1) is 5.41 Å². The van der Waals surface area contributed by atoms with E-state index in [9.17, 15) is 0 Å². The Kier molecular flexibility index (Phi) is 3.45. The third-order valence-corrected chi connectivity index (χ3v) is 4.22. The van der Waals surface area contributed by atoms with Crippen LogP contribution in [-0.4, -0.2) is 19.1 Å². The molecule has 0 aliphatic heterocycles. The van der Waals surface area contributed by atoms with Gasteiger partial charge in [-0.3, -0.25) is 0 Å². The lowest BCUT2D eigenvalue weighted by atomic mass is 9.68. The SMILES string of the molecule is NCC1(CNC2CCCCC2)CCC1. The van der Waals surface area contributed by atoms with Crippen molar-refractivity contribution in [3.8, 4) is 0 Å². The highest BCUT2D eigenvalue weighted by Crippen LogP contribution is 2.39. The van der Waals surface area contributed by atoms with Crippen molar-refractivity contribution in [1.82, 2.24) is 5.32 Å². The zero-order valence-corrected chi connectivity index (χ0v) is 9.23. The van der Waals surface area contributed by atoms with Gasteiger partial charge in [-0.2, -0.15) is 0 Å². The molecule has 2 heteroatoms. The summed E-state index contributed by atoms with van der Waals surface area (Å²) < 4.78 is 0. The van der Waals surface area contributed by atoms with E-state index in [1.807, 2.05) is 0 Å². The Hall–Kier alpha value is -0.0800. The maximum Gasteiger partial charge on any atom is 0.00673 e. The molecule has 14 heavy (non-hydrogen) atoms. The maximum atomic E-state index is 5.84. The van der Waals surface area contributed by atoms with Gasteiger partial charge in [0.2, 0.25) is 0 Å². The number of hydrogen-bond acceptors (Lipinski definition) is 2. The number of rotatable bonds is 4. The Morgan fingerprint density at radius 3 is 2.29 bits per heavy atom. The summed E-state index contributed by atoms with van der Waals surface area (Å²) in [5.41, 5.74) is 6.33. The standard InChI is InChI=1S/C12H24N2/c13-9-12(7-4-8-12)10-14-11-5-2-1-3-6-11/h11,14H,1-10,13H2. The van der Waals surface area contributed by atoms with Gasteiger partial charge in [0, 0.05) is 12.6 Å². The lowest BCUT2D eigenvalue weighted by molar-refractivity contribution is 0.131. The van der Waals surface area contributed by atoms with Crippen LogP contribution in [-0.2, 0) is 0 Å². The Bertz CT molecular complexity index is 164. The van der Waals surface area contributed by atoms with Crippen LogP contribution in [0.3, 0.4) is 0 Å². The maximum absolute atomic E-state index is 5.84. The van der Waals surface area contributed by atoms with Crippen LogP contribution in [0.2, 0.25) is 0 Å². The van der Waals surface area contributed by atoms with Gasteiger partial charge in [0.05, 0.1) is 0 Å². The third-order valence-electron chi connectivity index (χ3n) is 4.22. The van der Waals surface area contributed by atoms with Crippen LogP contribution in [0.4, 0.5) is 0 Å². The van der Waals surface area contributed by atoms with Crippen molar-refractivity contribution >= 4 is 0 Å². The molecule has 2 aliphatic carbocycles. The van der Waals surface area contributed by atoms with E-state index in [-0.39, 0.29) is 0 Å². The van der Waals surface area contributed by atoms with Crippen LogP contribution in [0.15, 0.2) is 0 Å². The van der Waals surface area contributed by atoms with E-state index in [0.29, 0.717) is 5.41 Å². The fourth-order valence-corrected chi connectivity index (χ4v) is 2.80. The lowest BCUT2D eigenvalue weighted by Crippen LogP contribution is -2.48. The van der Waals surface area contributed by atoms with Crippen molar-refractivity contribution in [2.75, 3.05) is 13.1 Å². The van der Waals surface area contributed by atoms with Crippen molar-refractivity contribution in [3.05, 3.63) is 0 Å². The molecular weight excluding hydrogens is 172 g/mol. The predicted octanol–water partition coefficient (Wildman–Crippen LogP) is 2.04. The molecule has 2 aliphatic rings. The van der Waals surface area contributed by atoms with Gasteiger partial charge in [0.25, 0.3) is 0 Å². The first kappa shape index (κ1) is 10.4. The molecule has 0 spiro atoms. The minimum atomic E-state index is 0.484. The zero-order valence-electron chi connectivity index (χ0n) is 9.23. The molecule has 0 heterocycles. The molecular formula is C12H24N2. The first-order chi connectivity index (χ1) is 6.85. The smallest absolute Gasteiger partial charge is 0.00673 e. The molecule has 2 saturated carbocycles. The fraction of sp³-hybridized carbons (Fsp3) is 1.00. The zero-order chi connectivity index (χ0) is 9.86. The van der Waals surface area contributed by atoms with Crippen LogP contribution < -0.4 is 11.1 Å². The van der Waals surface area contributed by atoms with Crippen LogP contribution >= 0.6 is 0 Å². The summed E-state index contributed by atoms with van der Waals surface area (Å²) in [4.78, 5) is 0. The van der Waals surface area contributed by atoms with Gasteiger partial charge in [0.1, 0.15) is 0 Å². The highest BCUT2D eigenvalue weighted by molar-refractivity contribution is 4.91. The first-order valence-electron chi connectivity index (χ1n) is 6.28. The molecule has 2 rings (SSSR count).